The van der Waals surface area contributed by atoms with Crippen LogP contribution in [-0.4, -0.2) is 24.6 Å². The van der Waals surface area contributed by atoms with Gasteiger partial charge in [0.05, 0.1) is 7.11 Å². The molecular formula is C20H23NO3S. The Morgan fingerprint density at radius 3 is 2.08 bits per heavy atom. The number of methoxy groups -OCH3 is 1. The molecule has 0 aliphatic rings. The fourth-order valence-corrected chi connectivity index (χ4v) is 2.64. The van der Waals surface area contributed by atoms with Gasteiger partial charge in [0.2, 0.25) is 5.91 Å². The average molecular weight is 357 g/mol. The topological polar surface area (TPSA) is 55.4 Å². The number of benzene rings is 2. The first-order valence-electron chi connectivity index (χ1n) is 8.33. The van der Waals surface area contributed by atoms with E-state index in [0.717, 1.165) is 25.0 Å². The zero-order valence-corrected chi connectivity index (χ0v) is 15.2. The van der Waals surface area contributed by atoms with Crippen LogP contribution in [-0.2, 0) is 4.79 Å². The average Bonchev–Trinajstić information content (AvgIpc) is 2.65. The maximum atomic E-state index is 12.4. The van der Waals surface area contributed by atoms with Gasteiger partial charge in [-0.1, -0.05) is 6.42 Å². The summed E-state index contributed by atoms with van der Waals surface area (Å²) in [6.45, 7) is 0. The first-order valence-corrected chi connectivity index (χ1v) is 8.97. The predicted molar refractivity (Wildman–Crippen MR) is 104 cm³/mol. The normalized spacial score (nSPS) is 10.3. The Bertz CT molecular complexity index is 696. The van der Waals surface area contributed by atoms with E-state index in [-0.39, 0.29) is 11.7 Å². The molecule has 0 aromatic heterocycles. The molecule has 0 spiro atoms. The minimum Gasteiger partial charge on any atom is -0.497 e. The van der Waals surface area contributed by atoms with Crippen molar-refractivity contribution in [1.82, 2.24) is 0 Å². The Hall–Kier alpha value is -2.27. The molecule has 0 bridgehead atoms. The van der Waals surface area contributed by atoms with Crippen LogP contribution < -0.4 is 10.1 Å². The van der Waals surface area contributed by atoms with E-state index >= 15 is 0 Å². The van der Waals surface area contributed by atoms with Crippen LogP contribution in [0.4, 0.5) is 5.69 Å². The number of nitrogens with one attached hydrogen (secondary N) is 1. The molecule has 0 unspecified atom stereocenters. The Morgan fingerprint density at radius 1 is 0.920 bits per heavy atom. The monoisotopic (exact) mass is 357 g/mol. The van der Waals surface area contributed by atoms with E-state index in [2.05, 4.69) is 17.9 Å². The largest absolute Gasteiger partial charge is 0.497 e. The van der Waals surface area contributed by atoms with E-state index in [0.29, 0.717) is 29.0 Å². The summed E-state index contributed by atoms with van der Waals surface area (Å²) in [5.74, 6) is 1.50. The first kappa shape index (κ1) is 19.1. The second-order valence-electron chi connectivity index (χ2n) is 5.72. The number of rotatable bonds is 9. The van der Waals surface area contributed by atoms with Gasteiger partial charge >= 0.3 is 0 Å². The van der Waals surface area contributed by atoms with E-state index in [4.69, 9.17) is 4.74 Å². The predicted octanol–water partition coefficient (Wildman–Crippen LogP) is 4.35. The summed E-state index contributed by atoms with van der Waals surface area (Å²) in [6.07, 6.45) is 3.39. The molecule has 1 amide bonds. The maximum absolute atomic E-state index is 12.4. The minimum atomic E-state index is -0.0627. The van der Waals surface area contributed by atoms with Crippen LogP contribution in [0.25, 0.3) is 0 Å². The number of amides is 1. The van der Waals surface area contributed by atoms with Crippen molar-refractivity contribution in [2.45, 2.75) is 25.7 Å². The molecule has 5 heteroatoms. The quantitative estimate of drug-likeness (QED) is 0.398. The summed E-state index contributed by atoms with van der Waals surface area (Å²) in [5, 5.41) is 2.85. The van der Waals surface area contributed by atoms with Gasteiger partial charge in [-0.25, -0.2) is 0 Å². The van der Waals surface area contributed by atoms with Crippen molar-refractivity contribution in [3.63, 3.8) is 0 Å². The smallest absolute Gasteiger partial charge is 0.224 e. The number of carbonyl (C=O) groups is 2. The third-order valence-electron chi connectivity index (χ3n) is 3.85. The van der Waals surface area contributed by atoms with E-state index in [1.54, 1.807) is 55.6 Å². The lowest BCUT2D eigenvalue weighted by atomic mass is 10.0. The number of hydrogen-bond acceptors (Lipinski definition) is 4. The molecule has 132 valence electrons. The van der Waals surface area contributed by atoms with Crippen LogP contribution in [0.2, 0.25) is 0 Å². The third-order valence-corrected chi connectivity index (χ3v) is 4.16. The molecule has 0 radical (unpaired) electrons. The van der Waals surface area contributed by atoms with Crippen molar-refractivity contribution in [3.8, 4) is 5.75 Å². The molecule has 0 saturated carbocycles. The van der Waals surface area contributed by atoms with Crippen molar-refractivity contribution >= 4 is 30.0 Å². The lowest BCUT2D eigenvalue weighted by molar-refractivity contribution is -0.116. The number of carbonyl (C=O) groups excluding carboxylic acids is 2. The van der Waals surface area contributed by atoms with Crippen LogP contribution in [0.5, 0.6) is 5.75 Å². The van der Waals surface area contributed by atoms with Gasteiger partial charge in [-0.15, -0.1) is 0 Å². The van der Waals surface area contributed by atoms with Gasteiger partial charge in [-0.05, 0) is 67.1 Å². The molecule has 1 N–H and O–H groups in total. The number of unbranched alkanes of at least 4 members (excludes halogenated alkanes) is 2. The molecule has 0 fully saturated rings. The van der Waals surface area contributed by atoms with Crippen molar-refractivity contribution < 1.29 is 14.3 Å². The van der Waals surface area contributed by atoms with E-state index in [1.165, 1.54) is 0 Å². The molecule has 0 atom stereocenters. The fraction of sp³-hybridized carbons (Fsp3) is 0.300. The van der Waals surface area contributed by atoms with Gasteiger partial charge in [0.1, 0.15) is 5.75 Å². The van der Waals surface area contributed by atoms with Crippen LogP contribution in [0.3, 0.4) is 0 Å². The second-order valence-corrected chi connectivity index (χ2v) is 6.16. The SMILES string of the molecule is COc1ccc(C(=O)c2ccc(NC(=O)CCCCCS)cc2)cc1. The van der Waals surface area contributed by atoms with Crippen LogP contribution in [0.15, 0.2) is 48.5 Å². The zero-order valence-electron chi connectivity index (χ0n) is 14.3. The highest BCUT2D eigenvalue weighted by Crippen LogP contribution is 2.17. The fourth-order valence-electron chi connectivity index (χ4n) is 2.41. The summed E-state index contributed by atoms with van der Waals surface area (Å²) in [7, 11) is 1.59. The summed E-state index contributed by atoms with van der Waals surface area (Å²) < 4.78 is 5.09. The van der Waals surface area contributed by atoms with Gasteiger partial charge in [0.15, 0.2) is 5.78 Å². The molecule has 0 heterocycles. The summed E-state index contributed by atoms with van der Waals surface area (Å²) in [5.41, 5.74) is 1.88. The van der Waals surface area contributed by atoms with Gasteiger partial charge in [0.25, 0.3) is 0 Å². The summed E-state index contributed by atoms with van der Waals surface area (Å²) in [4.78, 5) is 24.3. The number of hydrogen-bond donors (Lipinski definition) is 2. The zero-order chi connectivity index (χ0) is 18.1. The minimum absolute atomic E-state index is 0.00612. The highest BCUT2D eigenvalue weighted by atomic mass is 32.1. The molecule has 4 nitrogen and oxygen atoms in total. The van der Waals surface area contributed by atoms with Gasteiger partial charge in [0, 0.05) is 23.2 Å². The van der Waals surface area contributed by atoms with Crippen LogP contribution in [0.1, 0.15) is 41.6 Å². The lowest BCUT2D eigenvalue weighted by Gasteiger charge is -2.07. The van der Waals surface area contributed by atoms with Gasteiger partial charge in [-0.3, -0.25) is 9.59 Å². The Morgan fingerprint density at radius 2 is 1.52 bits per heavy atom. The van der Waals surface area contributed by atoms with Crippen LogP contribution >= 0.6 is 12.6 Å². The van der Waals surface area contributed by atoms with Crippen molar-refractivity contribution in [2.75, 3.05) is 18.2 Å². The van der Waals surface area contributed by atoms with Gasteiger partial charge < -0.3 is 10.1 Å². The van der Waals surface area contributed by atoms with Crippen molar-refractivity contribution in [3.05, 3.63) is 59.7 Å². The summed E-state index contributed by atoms with van der Waals surface area (Å²) >= 11 is 4.15. The molecule has 0 aliphatic heterocycles. The van der Waals surface area contributed by atoms with E-state index in [9.17, 15) is 9.59 Å². The number of anilines is 1. The lowest BCUT2D eigenvalue weighted by Crippen LogP contribution is -2.11. The highest BCUT2D eigenvalue weighted by Gasteiger charge is 2.09. The van der Waals surface area contributed by atoms with Gasteiger partial charge in [-0.2, -0.15) is 12.6 Å². The standard InChI is InChI=1S/C20H23NO3S/c1-24-18-12-8-16(9-13-18)20(23)15-6-10-17(11-7-15)21-19(22)5-3-2-4-14-25/h6-13,25H,2-5,14H2,1H3,(H,21,22). The third kappa shape index (κ3) is 5.94. The molecule has 0 saturated heterocycles. The molecule has 0 aliphatic carbocycles. The van der Waals surface area contributed by atoms with Crippen LogP contribution in [0, 0.1) is 0 Å². The summed E-state index contributed by atoms with van der Waals surface area (Å²) in [6, 6.07) is 13.9. The van der Waals surface area contributed by atoms with Crippen molar-refractivity contribution in [2.24, 2.45) is 0 Å². The molecule has 2 aromatic carbocycles. The Labute approximate surface area is 154 Å². The first-order chi connectivity index (χ1) is 12.1. The maximum Gasteiger partial charge on any atom is 0.224 e. The Balaban J connectivity index is 1.92. The molecule has 2 aromatic rings. The molecule has 2 rings (SSSR count). The van der Waals surface area contributed by atoms with E-state index in [1.807, 2.05) is 0 Å². The second kappa shape index (κ2) is 9.89. The molecular weight excluding hydrogens is 334 g/mol. The highest BCUT2D eigenvalue weighted by molar-refractivity contribution is 7.80. The number of ether oxygens (including phenoxy) is 1. The number of ketones is 1. The molecule has 25 heavy (non-hydrogen) atoms. The Kier molecular flexibility index (Phi) is 7.54. The number of thiol groups is 1. The van der Waals surface area contributed by atoms with E-state index < -0.39 is 0 Å². The van der Waals surface area contributed by atoms with Crippen molar-refractivity contribution in [1.29, 1.82) is 0 Å².